The summed E-state index contributed by atoms with van der Waals surface area (Å²) in [4.78, 5) is 28.4. The number of hydrogen-bond acceptors (Lipinski definition) is 4. The molecule has 0 heterocycles. The van der Waals surface area contributed by atoms with Crippen molar-refractivity contribution in [2.45, 2.75) is 50.6 Å². The molecule has 0 bridgehead atoms. The molecule has 9 heteroatoms. The normalized spacial score (nSPS) is 12.8. The number of amides is 2. The smallest absolute Gasteiger partial charge is 0.264 e. The Balaban J connectivity index is 1.95. The van der Waals surface area contributed by atoms with E-state index in [2.05, 4.69) is 21.2 Å². The summed E-state index contributed by atoms with van der Waals surface area (Å²) in [5.74, 6) is -0.739. The molecule has 3 aromatic carbocycles. The number of rotatable bonds is 12. The first kappa shape index (κ1) is 29.4. The molecule has 0 radical (unpaired) electrons. The van der Waals surface area contributed by atoms with E-state index in [4.69, 9.17) is 0 Å². The second-order valence-corrected chi connectivity index (χ2v) is 11.9. The third-order valence-corrected chi connectivity index (χ3v) is 8.69. The molecule has 0 aromatic heterocycles. The third-order valence-electron chi connectivity index (χ3n) is 6.38. The summed E-state index contributed by atoms with van der Waals surface area (Å²) in [7, 11) is -4.06. The van der Waals surface area contributed by atoms with Gasteiger partial charge in [0.25, 0.3) is 10.0 Å². The van der Waals surface area contributed by atoms with E-state index in [-0.39, 0.29) is 23.4 Å². The average Bonchev–Trinajstić information content (AvgIpc) is 2.93. The Morgan fingerprint density at radius 2 is 1.47 bits per heavy atom. The Morgan fingerprint density at radius 1 is 0.895 bits per heavy atom. The van der Waals surface area contributed by atoms with Crippen molar-refractivity contribution in [2.24, 2.45) is 0 Å². The Bertz CT molecular complexity index is 1300. The van der Waals surface area contributed by atoms with E-state index in [0.717, 1.165) is 20.8 Å². The lowest BCUT2D eigenvalue weighted by Gasteiger charge is -2.32. The van der Waals surface area contributed by atoms with E-state index in [1.807, 2.05) is 44.2 Å². The highest BCUT2D eigenvalue weighted by Gasteiger charge is 2.32. The Hall–Kier alpha value is -3.17. The number of anilines is 1. The summed E-state index contributed by atoms with van der Waals surface area (Å²) >= 11 is 3.38. The van der Waals surface area contributed by atoms with Crippen LogP contribution in [0.5, 0.6) is 0 Å². The molecule has 0 spiro atoms. The lowest BCUT2D eigenvalue weighted by atomic mass is 10.1. The van der Waals surface area contributed by atoms with Crippen molar-refractivity contribution in [3.8, 4) is 0 Å². The first-order valence-electron chi connectivity index (χ1n) is 12.6. The molecule has 1 N–H and O–H groups in total. The zero-order valence-electron chi connectivity index (χ0n) is 21.9. The molecular weight excluding hydrogens is 566 g/mol. The predicted molar refractivity (Wildman–Crippen MR) is 154 cm³/mol. The first-order chi connectivity index (χ1) is 18.1. The van der Waals surface area contributed by atoms with Crippen LogP contribution in [-0.2, 0) is 26.0 Å². The topological polar surface area (TPSA) is 86.8 Å². The molecule has 0 aliphatic heterocycles. The van der Waals surface area contributed by atoms with Crippen LogP contribution in [0.1, 0.15) is 32.8 Å². The predicted octanol–water partition coefficient (Wildman–Crippen LogP) is 5.02. The largest absolute Gasteiger partial charge is 0.352 e. The zero-order valence-corrected chi connectivity index (χ0v) is 24.3. The molecule has 0 aliphatic carbocycles. The van der Waals surface area contributed by atoms with Crippen LogP contribution in [0.4, 0.5) is 5.69 Å². The SMILES string of the molecule is CC[C@@H](C)NC(=O)[C@@H](C)N(CCc1ccccc1)C(=O)CN(c1ccc(Br)cc1)S(=O)(=O)c1ccccc1. The Labute approximate surface area is 234 Å². The summed E-state index contributed by atoms with van der Waals surface area (Å²) in [5, 5.41) is 2.94. The van der Waals surface area contributed by atoms with E-state index in [0.29, 0.717) is 12.1 Å². The van der Waals surface area contributed by atoms with Crippen LogP contribution in [0.25, 0.3) is 0 Å². The van der Waals surface area contributed by atoms with Gasteiger partial charge in [0.05, 0.1) is 10.6 Å². The maximum absolute atomic E-state index is 13.8. The summed E-state index contributed by atoms with van der Waals surface area (Å²) in [6.45, 7) is 5.36. The van der Waals surface area contributed by atoms with E-state index < -0.39 is 28.5 Å². The molecule has 202 valence electrons. The van der Waals surface area contributed by atoms with E-state index in [9.17, 15) is 18.0 Å². The van der Waals surface area contributed by atoms with Crippen LogP contribution in [0.3, 0.4) is 0 Å². The van der Waals surface area contributed by atoms with Crippen molar-refractivity contribution in [3.63, 3.8) is 0 Å². The van der Waals surface area contributed by atoms with Gasteiger partial charge in [0.15, 0.2) is 0 Å². The summed E-state index contributed by atoms with van der Waals surface area (Å²) in [6.07, 6.45) is 1.28. The van der Waals surface area contributed by atoms with Crippen molar-refractivity contribution >= 4 is 43.5 Å². The van der Waals surface area contributed by atoms with Crippen LogP contribution in [0.2, 0.25) is 0 Å². The molecule has 3 aromatic rings. The molecule has 0 saturated heterocycles. The van der Waals surface area contributed by atoms with Crippen LogP contribution in [0.15, 0.2) is 94.3 Å². The molecule has 3 rings (SSSR count). The fraction of sp³-hybridized carbons (Fsp3) is 0.310. The molecule has 0 saturated carbocycles. The molecule has 0 fully saturated rings. The van der Waals surface area contributed by atoms with Gasteiger partial charge in [-0.2, -0.15) is 0 Å². The molecule has 0 unspecified atom stereocenters. The lowest BCUT2D eigenvalue weighted by molar-refractivity contribution is -0.139. The van der Waals surface area contributed by atoms with Gasteiger partial charge < -0.3 is 10.2 Å². The van der Waals surface area contributed by atoms with Gasteiger partial charge in [0.1, 0.15) is 12.6 Å². The van der Waals surface area contributed by atoms with Gasteiger partial charge in [0, 0.05) is 17.1 Å². The quantitative estimate of drug-likeness (QED) is 0.317. The van der Waals surface area contributed by atoms with Crippen LogP contribution in [-0.4, -0.2) is 50.3 Å². The second kappa shape index (κ2) is 13.6. The Morgan fingerprint density at radius 3 is 2.05 bits per heavy atom. The van der Waals surface area contributed by atoms with Crippen molar-refractivity contribution in [3.05, 3.63) is 95.0 Å². The van der Waals surface area contributed by atoms with Crippen molar-refractivity contribution in [1.29, 1.82) is 0 Å². The Kier molecular flexibility index (Phi) is 10.5. The number of nitrogens with one attached hydrogen (secondary N) is 1. The molecule has 38 heavy (non-hydrogen) atoms. The average molecular weight is 601 g/mol. The van der Waals surface area contributed by atoms with Gasteiger partial charge in [-0.25, -0.2) is 8.42 Å². The molecule has 2 atom stereocenters. The van der Waals surface area contributed by atoms with Crippen LogP contribution >= 0.6 is 15.9 Å². The summed E-state index contributed by atoms with van der Waals surface area (Å²) < 4.78 is 29.3. The number of sulfonamides is 1. The number of carbonyl (C=O) groups excluding carboxylic acids is 2. The minimum atomic E-state index is -4.06. The van der Waals surface area contributed by atoms with Gasteiger partial charge in [0.2, 0.25) is 11.8 Å². The number of carbonyl (C=O) groups is 2. The minimum Gasteiger partial charge on any atom is -0.352 e. The number of hydrogen-bond donors (Lipinski definition) is 1. The van der Waals surface area contributed by atoms with Crippen molar-refractivity contribution in [1.82, 2.24) is 10.2 Å². The third kappa shape index (κ3) is 7.68. The van der Waals surface area contributed by atoms with Gasteiger partial charge in [-0.05, 0) is 68.7 Å². The standard InChI is InChI=1S/C29H34BrN3O4S/c1-4-22(2)31-29(35)23(3)32(20-19-24-11-7-5-8-12-24)28(34)21-33(26-17-15-25(30)16-18-26)38(36,37)27-13-9-6-10-14-27/h5-18,22-23H,4,19-21H2,1-3H3,(H,31,35)/t22-,23-/m1/s1. The molecule has 7 nitrogen and oxygen atoms in total. The van der Waals surface area contributed by atoms with E-state index >= 15 is 0 Å². The molecular formula is C29H34BrN3O4S. The fourth-order valence-corrected chi connectivity index (χ4v) is 5.59. The van der Waals surface area contributed by atoms with Crippen molar-refractivity contribution in [2.75, 3.05) is 17.4 Å². The van der Waals surface area contributed by atoms with Gasteiger partial charge in [-0.1, -0.05) is 71.4 Å². The van der Waals surface area contributed by atoms with Crippen LogP contribution < -0.4 is 9.62 Å². The first-order valence-corrected chi connectivity index (χ1v) is 14.8. The van der Waals surface area contributed by atoms with Gasteiger partial charge in [-0.15, -0.1) is 0 Å². The van der Waals surface area contributed by atoms with Gasteiger partial charge >= 0.3 is 0 Å². The minimum absolute atomic E-state index is 0.0475. The maximum atomic E-state index is 13.8. The second-order valence-electron chi connectivity index (χ2n) is 9.12. The van der Waals surface area contributed by atoms with Crippen molar-refractivity contribution < 1.29 is 18.0 Å². The summed E-state index contributed by atoms with van der Waals surface area (Å²) in [5.41, 5.74) is 1.37. The highest BCUT2D eigenvalue weighted by molar-refractivity contribution is 9.10. The maximum Gasteiger partial charge on any atom is 0.264 e. The highest BCUT2D eigenvalue weighted by Crippen LogP contribution is 2.26. The highest BCUT2D eigenvalue weighted by atomic mass is 79.9. The number of halogens is 1. The lowest BCUT2D eigenvalue weighted by Crippen LogP contribution is -2.53. The van der Waals surface area contributed by atoms with Gasteiger partial charge in [-0.3, -0.25) is 13.9 Å². The molecule has 0 aliphatic rings. The number of nitrogens with zero attached hydrogens (tertiary/aromatic N) is 2. The number of benzene rings is 3. The molecule has 2 amide bonds. The summed E-state index contributed by atoms with van der Waals surface area (Å²) in [6, 6.07) is 23.6. The van der Waals surface area contributed by atoms with E-state index in [1.54, 1.807) is 49.4 Å². The van der Waals surface area contributed by atoms with Crippen LogP contribution in [0, 0.1) is 0 Å². The zero-order chi connectivity index (χ0) is 27.7. The monoisotopic (exact) mass is 599 g/mol. The van der Waals surface area contributed by atoms with E-state index in [1.165, 1.54) is 17.0 Å². The fourth-order valence-electron chi connectivity index (χ4n) is 3.89.